The molecule has 10 nitrogen and oxygen atoms in total. The predicted molar refractivity (Wildman–Crippen MR) is 161 cm³/mol. The Hall–Kier alpha value is -6.16. The summed E-state index contributed by atoms with van der Waals surface area (Å²) in [5, 5.41) is 21.8. The van der Waals surface area contributed by atoms with Crippen molar-refractivity contribution in [1.82, 2.24) is 0 Å². The summed E-state index contributed by atoms with van der Waals surface area (Å²) in [5.41, 5.74) is 2.26. The van der Waals surface area contributed by atoms with Crippen LogP contribution in [-0.4, -0.2) is 21.8 Å². The zero-order valence-electron chi connectivity index (χ0n) is 23.3. The van der Waals surface area contributed by atoms with Crippen molar-refractivity contribution in [2.45, 2.75) is 12.3 Å². The molecule has 0 aliphatic carbocycles. The second kappa shape index (κ2) is 12.4. The Labute approximate surface area is 251 Å². The number of benzene rings is 5. The van der Waals surface area contributed by atoms with Crippen LogP contribution < -0.4 is 9.47 Å². The number of rotatable bonds is 9. The van der Waals surface area contributed by atoms with Gasteiger partial charge in [0.2, 0.25) is 0 Å². The molecule has 0 aliphatic rings. The van der Waals surface area contributed by atoms with Crippen molar-refractivity contribution >= 4 is 23.3 Å². The second-order valence-corrected chi connectivity index (χ2v) is 9.93. The molecule has 0 aliphatic heterocycles. The fourth-order valence-electron chi connectivity index (χ4n) is 4.75. The Bertz CT molecular complexity index is 1700. The number of hydrogen-bond acceptors (Lipinski definition) is 8. The van der Waals surface area contributed by atoms with E-state index in [4.69, 9.17) is 9.47 Å². The van der Waals surface area contributed by atoms with E-state index >= 15 is 0 Å². The minimum atomic E-state index is -0.650. The van der Waals surface area contributed by atoms with Crippen LogP contribution >= 0.6 is 0 Å². The van der Waals surface area contributed by atoms with E-state index in [1.54, 1.807) is 24.3 Å². The highest BCUT2D eigenvalue weighted by molar-refractivity contribution is 5.92. The first-order chi connectivity index (χ1) is 21.1. The number of nitrogens with zero attached hydrogens (tertiary/aromatic N) is 2. The first-order valence-corrected chi connectivity index (χ1v) is 13.3. The molecule has 44 heavy (non-hydrogen) atoms. The third kappa shape index (κ3) is 6.19. The summed E-state index contributed by atoms with van der Waals surface area (Å²) in [4.78, 5) is 45.9. The second-order valence-electron chi connectivity index (χ2n) is 9.93. The molecule has 0 atom stereocenters. The summed E-state index contributed by atoms with van der Waals surface area (Å²) >= 11 is 0. The van der Waals surface area contributed by atoms with Crippen molar-refractivity contribution in [2.75, 3.05) is 0 Å². The van der Waals surface area contributed by atoms with Gasteiger partial charge in [-0.3, -0.25) is 20.2 Å². The first-order valence-electron chi connectivity index (χ1n) is 13.3. The van der Waals surface area contributed by atoms with Gasteiger partial charge in [0.1, 0.15) is 11.5 Å². The third-order valence-corrected chi connectivity index (χ3v) is 7.26. The third-order valence-electron chi connectivity index (χ3n) is 7.26. The molecule has 0 fully saturated rings. The molecule has 0 bridgehead atoms. The Morgan fingerprint density at radius 2 is 0.864 bits per heavy atom. The molecule has 0 spiro atoms. The molecule has 0 amide bonds. The Morgan fingerprint density at radius 3 is 1.20 bits per heavy atom. The van der Waals surface area contributed by atoms with E-state index in [9.17, 15) is 29.8 Å². The van der Waals surface area contributed by atoms with Gasteiger partial charge < -0.3 is 9.47 Å². The zero-order valence-corrected chi connectivity index (χ0v) is 23.3. The van der Waals surface area contributed by atoms with Crippen molar-refractivity contribution in [1.29, 1.82) is 0 Å². The number of non-ortho nitro benzene ring substituents is 2. The molecule has 5 rings (SSSR count). The molecular weight excluding hydrogens is 564 g/mol. The average Bonchev–Trinajstić information content (AvgIpc) is 3.05. The maximum Gasteiger partial charge on any atom is 0.343 e. The molecule has 5 aromatic carbocycles. The molecule has 0 N–H and O–H groups in total. The lowest BCUT2D eigenvalue weighted by Crippen LogP contribution is -2.25. The number of hydrogen-bond donors (Lipinski definition) is 0. The molecule has 0 radical (unpaired) electrons. The van der Waals surface area contributed by atoms with Gasteiger partial charge in [0.25, 0.3) is 11.4 Å². The summed E-state index contributed by atoms with van der Waals surface area (Å²) < 4.78 is 11.0. The number of carbonyl (C=O) groups is 2. The van der Waals surface area contributed by atoms with E-state index in [1.165, 1.54) is 48.5 Å². The molecule has 0 saturated carbocycles. The fraction of sp³-hybridized carbons (Fsp3) is 0.0588. The van der Waals surface area contributed by atoms with Gasteiger partial charge in [0.15, 0.2) is 0 Å². The molecule has 0 heterocycles. The molecule has 218 valence electrons. The van der Waals surface area contributed by atoms with Gasteiger partial charge in [-0.2, -0.15) is 0 Å². The summed E-state index contributed by atoms with van der Waals surface area (Å²) in [6.07, 6.45) is 0. The Morgan fingerprint density at radius 1 is 0.523 bits per heavy atom. The van der Waals surface area contributed by atoms with Crippen LogP contribution in [0, 0.1) is 20.2 Å². The molecule has 0 aromatic heterocycles. The maximum atomic E-state index is 12.6. The SMILES string of the molecule is CC(c1ccccc1)(c1ccc(OC(=O)c2ccc([N+](=O)[O-])cc2)cc1)c1ccc(OC(=O)c2ccc([N+](=O)[O-])cc2)cc1. The quantitative estimate of drug-likeness (QED) is 0.0575. The lowest BCUT2D eigenvalue weighted by molar-refractivity contribution is -0.385. The van der Waals surface area contributed by atoms with Gasteiger partial charge in [-0.15, -0.1) is 0 Å². The van der Waals surface area contributed by atoms with Crippen molar-refractivity contribution in [3.63, 3.8) is 0 Å². The van der Waals surface area contributed by atoms with E-state index < -0.39 is 27.2 Å². The number of ether oxygens (including phenoxy) is 2. The average molecular weight is 589 g/mol. The Kier molecular flexibility index (Phi) is 8.25. The van der Waals surface area contributed by atoms with Crippen molar-refractivity contribution in [2.24, 2.45) is 0 Å². The highest BCUT2D eigenvalue weighted by Crippen LogP contribution is 2.40. The normalized spacial score (nSPS) is 10.9. The molecule has 5 aromatic rings. The molecule has 10 heteroatoms. The van der Waals surface area contributed by atoms with Crippen molar-refractivity contribution in [3.05, 3.63) is 175 Å². The molecule has 0 unspecified atom stereocenters. The number of esters is 2. The van der Waals surface area contributed by atoms with E-state index in [0.29, 0.717) is 11.5 Å². The summed E-state index contributed by atoms with van der Waals surface area (Å²) in [6.45, 7) is 2.05. The topological polar surface area (TPSA) is 139 Å². The lowest BCUT2D eigenvalue weighted by Gasteiger charge is -2.32. The van der Waals surface area contributed by atoms with Gasteiger partial charge in [0, 0.05) is 29.7 Å². The molecular formula is C34H24N2O8. The van der Waals surface area contributed by atoms with E-state index in [-0.39, 0.29) is 22.5 Å². The number of nitro benzene ring substituents is 2. The largest absolute Gasteiger partial charge is 0.423 e. The van der Waals surface area contributed by atoms with Crippen LogP contribution in [0.15, 0.2) is 127 Å². The van der Waals surface area contributed by atoms with Crippen LogP contribution in [0.2, 0.25) is 0 Å². The first kappa shape index (κ1) is 29.3. The van der Waals surface area contributed by atoms with E-state index in [0.717, 1.165) is 16.7 Å². The monoisotopic (exact) mass is 588 g/mol. The van der Waals surface area contributed by atoms with Gasteiger partial charge >= 0.3 is 11.9 Å². The van der Waals surface area contributed by atoms with Gasteiger partial charge in [0.05, 0.1) is 21.0 Å². The van der Waals surface area contributed by atoms with Crippen LogP contribution in [0.3, 0.4) is 0 Å². The predicted octanol–water partition coefficient (Wildman–Crippen LogP) is 7.30. The Balaban J connectivity index is 1.37. The highest BCUT2D eigenvalue weighted by atomic mass is 16.6. The lowest BCUT2D eigenvalue weighted by atomic mass is 9.71. The van der Waals surface area contributed by atoms with E-state index in [2.05, 4.69) is 6.92 Å². The van der Waals surface area contributed by atoms with Crippen molar-refractivity contribution in [3.8, 4) is 11.5 Å². The zero-order chi connectivity index (χ0) is 31.3. The summed E-state index contributed by atoms with van der Waals surface area (Å²) in [5.74, 6) is -0.670. The minimum absolute atomic E-state index is 0.123. The van der Waals surface area contributed by atoms with Gasteiger partial charge in [-0.1, -0.05) is 54.6 Å². The number of nitro groups is 2. The van der Waals surface area contributed by atoms with Crippen LogP contribution in [0.5, 0.6) is 11.5 Å². The highest BCUT2D eigenvalue weighted by Gasteiger charge is 2.31. The summed E-state index contributed by atoms with van der Waals surface area (Å²) in [7, 11) is 0. The maximum absolute atomic E-state index is 12.6. The van der Waals surface area contributed by atoms with E-state index in [1.807, 2.05) is 54.6 Å². The van der Waals surface area contributed by atoms with Crippen LogP contribution in [0.25, 0.3) is 0 Å². The number of carbonyl (C=O) groups excluding carboxylic acids is 2. The smallest absolute Gasteiger partial charge is 0.343 e. The van der Waals surface area contributed by atoms with Crippen molar-refractivity contribution < 1.29 is 28.9 Å². The summed E-state index contributed by atoms with van der Waals surface area (Å²) in [6, 6.07) is 34.3. The van der Waals surface area contributed by atoms with Crippen LogP contribution in [-0.2, 0) is 5.41 Å². The molecule has 0 saturated heterocycles. The fourth-order valence-corrected chi connectivity index (χ4v) is 4.75. The standard InChI is InChI=1S/C34H24N2O8/c1-34(25-5-3-2-4-6-25,26-11-19-30(20-12-26)43-32(37)23-7-15-28(16-8-23)35(39)40)27-13-21-31(22-14-27)44-33(38)24-9-17-29(18-10-24)36(41)42/h2-22H,1H3. The van der Waals surface area contributed by atoms with Gasteiger partial charge in [-0.25, -0.2) is 9.59 Å². The van der Waals surface area contributed by atoms with Crippen LogP contribution in [0.4, 0.5) is 11.4 Å². The van der Waals surface area contributed by atoms with Gasteiger partial charge in [-0.05, 0) is 72.1 Å². The minimum Gasteiger partial charge on any atom is -0.423 e. The van der Waals surface area contributed by atoms with Crippen LogP contribution in [0.1, 0.15) is 44.3 Å².